The van der Waals surface area contributed by atoms with Gasteiger partial charge in [0.1, 0.15) is 17.3 Å². The molecule has 0 aliphatic rings. The van der Waals surface area contributed by atoms with E-state index in [1.807, 2.05) is 26.0 Å². The summed E-state index contributed by atoms with van der Waals surface area (Å²) in [6, 6.07) is 4.10. The average Bonchev–Trinajstić information content (AvgIpc) is 2.96. The normalized spacial score (nSPS) is 12.8. The van der Waals surface area contributed by atoms with Crippen molar-refractivity contribution in [2.45, 2.75) is 32.2 Å². The summed E-state index contributed by atoms with van der Waals surface area (Å²) in [6.45, 7) is 4.60. The second-order valence-corrected chi connectivity index (χ2v) is 5.08. The Morgan fingerprint density at radius 1 is 1.33 bits per heavy atom. The van der Waals surface area contributed by atoms with Crippen LogP contribution < -0.4 is 5.32 Å². The van der Waals surface area contributed by atoms with Crippen molar-refractivity contribution in [1.82, 2.24) is 10.3 Å². The van der Waals surface area contributed by atoms with Gasteiger partial charge in [0.25, 0.3) is 0 Å². The van der Waals surface area contributed by atoms with Gasteiger partial charge in [0, 0.05) is 0 Å². The summed E-state index contributed by atoms with van der Waals surface area (Å²) in [6.07, 6.45) is 3.80. The van der Waals surface area contributed by atoms with Crippen LogP contribution in [0.4, 0.5) is 0 Å². The Hall–Kier alpha value is -1.20. The highest BCUT2D eigenvalue weighted by atomic mass is 32.2. The van der Waals surface area contributed by atoms with Crippen LogP contribution in [0.5, 0.6) is 0 Å². The molecule has 4 nitrogen and oxygen atoms in total. The van der Waals surface area contributed by atoms with Gasteiger partial charge in [-0.1, -0.05) is 0 Å². The fourth-order valence-corrected chi connectivity index (χ4v) is 2.09. The number of thioether (sulfide) groups is 1. The highest BCUT2D eigenvalue weighted by Crippen LogP contribution is 2.16. The molecule has 1 unspecified atom stereocenters. The predicted molar refractivity (Wildman–Crippen MR) is 72.4 cm³/mol. The zero-order valence-electron chi connectivity index (χ0n) is 10.9. The molecule has 2 aromatic heterocycles. The number of oxazole rings is 1. The van der Waals surface area contributed by atoms with Crippen LogP contribution in [0.1, 0.15) is 36.1 Å². The van der Waals surface area contributed by atoms with E-state index in [9.17, 15) is 0 Å². The van der Waals surface area contributed by atoms with Gasteiger partial charge in [0.05, 0.1) is 24.5 Å². The Labute approximate surface area is 111 Å². The van der Waals surface area contributed by atoms with Gasteiger partial charge >= 0.3 is 0 Å². The van der Waals surface area contributed by atoms with Crippen molar-refractivity contribution in [1.29, 1.82) is 0 Å². The van der Waals surface area contributed by atoms with E-state index in [2.05, 4.69) is 16.6 Å². The quantitative estimate of drug-likeness (QED) is 0.869. The van der Waals surface area contributed by atoms with Crippen LogP contribution in [0.25, 0.3) is 0 Å². The maximum absolute atomic E-state index is 5.68. The molecule has 5 heteroatoms. The predicted octanol–water partition coefficient (Wildman–Crippen LogP) is 3.29. The molecule has 0 radical (unpaired) electrons. The van der Waals surface area contributed by atoms with Gasteiger partial charge < -0.3 is 8.83 Å². The molecule has 1 atom stereocenters. The van der Waals surface area contributed by atoms with Crippen LogP contribution in [-0.2, 0) is 12.3 Å². The lowest BCUT2D eigenvalue weighted by Gasteiger charge is -2.08. The van der Waals surface area contributed by atoms with Crippen molar-refractivity contribution < 1.29 is 8.83 Å². The van der Waals surface area contributed by atoms with E-state index in [-0.39, 0.29) is 6.04 Å². The minimum absolute atomic E-state index is 0.0767. The summed E-state index contributed by atoms with van der Waals surface area (Å²) < 4.78 is 11.2. The summed E-state index contributed by atoms with van der Waals surface area (Å²) in [4.78, 5) is 4.20. The van der Waals surface area contributed by atoms with Gasteiger partial charge in [-0.05, 0) is 32.2 Å². The lowest BCUT2D eigenvalue weighted by atomic mass is 10.3. The van der Waals surface area contributed by atoms with Crippen LogP contribution in [0.15, 0.2) is 27.2 Å². The van der Waals surface area contributed by atoms with Crippen molar-refractivity contribution in [3.63, 3.8) is 0 Å². The van der Waals surface area contributed by atoms with Crippen LogP contribution in [0.2, 0.25) is 0 Å². The molecular formula is C13H18N2O2S. The number of nitrogens with one attached hydrogen (secondary N) is 1. The minimum atomic E-state index is 0.0767. The largest absolute Gasteiger partial charge is 0.464 e. The molecule has 1 N–H and O–H groups in total. The van der Waals surface area contributed by atoms with E-state index in [0.29, 0.717) is 12.4 Å². The van der Waals surface area contributed by atoms with E-state index in [4.69, 9.17) is 8.83 Å². The summed E-state index contributed by atoms with van der Waals surface area (Å²) in [7, 11) is 0. The molecule has 0 aromatic carbocycles. The summed E-state index contributed by atoms with van der Waals surface area (Å²) in [5.74, 6) is 4.41. The summed E-state index contributed by atoms with van der Waals surface area (Å²) in [5.41, 5.74) is 0. The zero-order chi connectivity index (χ0) is 13.0. The molecule has 2 heterocycles. The second kappa shape index (κ2) is 6.11. The van der Waals surface area contributed by atoms with E-state index in [1.165, 1.54) is 0 Å². The number of hydrogen-bond acceptors (Lipinski definition) is 5. The first-order valence-electron chi connectivity index (χ1n) is 5.91. The van der Waals surface area contributed by atoms with Gasteiger partial charge in [-0.2, -0.15) is 11.8 Å². The fraction of sp³-hybridized carbons (Fsp3) is 0.462. The maximum atomic E-state index is 5.68. The summed E-state index contributed by atoms with van der Waals surface area (Å²) in [5, 5.41) is 3.33. The average molecular weight is 266 g/mol. The molecule has 0 fully saturated rings. The Bertz CT molecular complexity index is 493. The molecule has 0 bridgehead atoms. The molecule has 18 heavy (non-hydrogen) atoms. The number of rotatable bonds is 6. The number of aryl methyl sites for hydroxylation is 1. The van der Waals surface area contributed by atoms with Crippen molar-refractivity contribution >= 4 is 11.8 Å². The third-order valence-corrected chi connectivity index (χ3v) is 3.17. The molecule has 0 spiro atoms. The Balaban J connectivity index is 1.86. The second-order valence-electron chi connectivity index (χ2n) is 4.21. The van der Waals surface area contributed by atoms with E-state index in [0.717, 1.165) is 23.0 Å². The van der Waals surface area contributed by atoms with Gasteiger partial charge in [-0.15, -0.1) is 0 Å². The molecular weight excluding hydrogens is 248 g/mol. The van der Waals surface area contributed by atoms with Gasteiger partial charge in [-0.25, -0.2) is 4.98 Å². The first kappa shape index (κ1) is 13.2. The van der Waals surface area contributed by atoms with Gasteiger partial charge in [0.15, 0.2) is 0 Å². The monoisotopic (exact) mass is 266 g/mol. The van der Waals surface area contributed by atoms with E-state index >= 15 is 0 Å². The number of hydrogen-bond donors (Lipinski definition) is 1. The smallest absolute Gasteiger partial charge is 0.211 e. The number of nitrogens with zero attached hydrogens (tertiary/aromatic N) is 1. The highest BCUT2D eigenvalue weighted by Gasteiger charge is 2.11. The first-order chi connectivity index (χ1) is 8.69. The van der Waals surface area contributed by atoms with Crippen molar-refractivity contribution in [2.24, 2.45) is 0 Å². The fourth-order valence-electron chi connectivity index (χ4n) is 1.65. The summed E-state index contributed by atoms with van der Waals surface area (Å²) >= 11 is 1.75. The van der Waals surface area contributed by atoms with Crippen molar-refractivity contribution in [2.75, 3.05) is 6.26 Å². The van der Waals surface area contributed by atoms with Crippen molar-refractivity contribution in [3.8, 4) is 0 Å². The van der Waals surface area contributed by atoms with Gasteiger partial charge in [-0.3, -0.25) is 5.32 Å². The number of aromatic nitrogens is 1. The Morgan fingerprint density at radius 2 is 2.11 bits per heavy atom. The first-order valence-corrected chi connectivity index (χ1v) is 7.30. The van der Waals surface area contributed by atoms with Crippen LogP contribution in [-0.4, -0.2) is 11.2 Å². The highest BCUT2D eigenvalue weighted by molar-refractivity contribution is 7.97. The van der Waals surface area contributed by atoms with Crippen LogP contribution >= 0.6 is 11.8 Å². The third kappa shape index (κ3) is 3.40. The Kier molecular flexibility index (Phi) is 4.49. The zero-order valence-corrected chi connectivity index (χ0v) is 11.7. The van der Waals surface area contributed by atoms with E-state index in [1.54, 1.807) is 18.0 Å². The SMILES string of the molecule is CSCc1ccc(CNC(C)c2ncc(C)o2)o1. The molecule has 0 aliphatic carbocycles. The van der Waals surface area contributed by atoms with Crippen LogP contribution in [0, 0.1) is 6.92 Å². The standard InChI is InChI=1S/C13H18N2O2S/c1-9-6-15-13(16-9)10(2)14-7-11-4-5-12(17-11)8-18-3/h4-6,10,14H,7-8H2,1-3H3. The molecule has 2 aromatic rings. The number of furan rings is 1. The Morgan fingerprint density at radius 3 is 2.78 bits per heavy atom. The lowest BCUT2D eigenvalue weighted by Crippen LogP contribution is -2.17. The van der Waals surface area contributed by atoms with Gasteiger partial charge in [0.2, 0.25) is 5.89 Å². The third-order valence-electron chi connectivity index (χ3n) is 2.60. The lowest BCUT2D eigenvalue weighted by molar-refractivity contribution is 0.383. The topological polar surface area (TPSA) is 51.2 Å². The maximum Gasteiger partial charge on any atom is 0.211 e. The molecule has 0 saturated heterocycles. The molecule has 0 saturated carbocycles. The molecule has 0 aliphatic heterocycles. The molecule has 98 valence electrons. The minimum Gasteiger partial charge on any atom is -0.464 e. The molecule has 0 amide bonds. The van der Waals surface area contributed by atoms with Crippen LogP contribution in [0.3, 0.4) is 0 Å². The molecule has 2 rings (SSSR count). The van der Waals surface area contributed by atoms with E-state index < -0.39 is 0 Å². The van der Waals surface area contributed by atoms with Crippen molar-refractivity contribution in [3.05, 3.63) is 41.5 Å².